The van der Waals surface area contributed by atoms with E-state index in [0.717, 1.165) is 30.2 Å². The predicted octanol–water partition coefficient (Wildman–Crippen LogP) is 2.91. The number of alkyl halides is 2. The lowest BCUT2D eigenvalue weighted by atomic mass is 10.2. The van der Waals surface area contributed by atoms with E-state index in [1.807, 2.05) is 13.2 Å². The molecule has 1 aromatic carbocycles. The van der Waals surface area contributed by atoms with Crippen LogP contribution in [0, 0.1) is 5.82 Å². The van der Waals surface area contributed by atoms with Gasteiger partial charge in [-0.3, -0.25) is 4.68 Å². The van der Waals surface area contributed by atoms with Crippen LogP contribution in [0.15, 0.2) is 30.6 Å². The number of halogens is 3. The van der Waals surface area contributed by atoms with E-state index in [9.17, 15) is 18.0 Å². The van der Waals surface area contributed by atoms with E-state index in [1.54, 1.807) is 10.9 Å². The fraction of sp³-hybridized carbons (Fsp3) is 0.333. The average molecular weight is 342 g/mol. The van der Waals surface area contributed by atoms with Gasteiger partial charge in [-0.2, -0.15) is 13.9 Å². The Kier molecular flexibility index (Phi) is 6.05. The third-order valence-electron chi connectivity index (χ3n) is 3.09. The van der Waals surface area contributed by atoms with Crippen molar-refractivity contribution in [3.05, 3.63) is 42.0 Å². The summed E-state index contributed by atoms with van der Waals surface area (Å²) in [4.78, 5) is 11.8. The summed E-state index contributed by atoms with van der Waals surface area (Å²) in [6.07, 6.45) is 5.01. The number of anilines is 1. The molecule has 0 radical (unpaired) electrons. The monoisotopic (exact) mass is 342 g/mol. The Morgan fingerprint density at radius 3 is 2.88 bits per heavy atom. The van der Waals surface area contributed by atoms with Crippen LogP contribution in [0.3, 0.4) is 0 Å². The molecule has 2 aromatic rings. The highest BCUT2D eigenvalue weighted by Gasteiger charge is 2.13. The molecule has 1 heterocycles. The number of benzene rings is 1. The van der Waals surface area contributed by atoms with Crippen molar-refractivity contribution in [1.82, 2.24) is 15.1 Å². The largest absolute Gasteiger partial charge is 0.433 e. The van der Waals surface area contributed by atoms with Crippen LogP contribution in [0.4, 0.5) is 23.7 Å². The Morgan fingerprint density at radius 1 is 1.42 bits per heavy atom. The second kappa shape index (κ2) is 8.23. The fourth-order valence-electron chi connectivity index (χ4n) is 2.06. The van der Waals surface area contributed by atoms with Gasteiger partial charge >= 0.3 is 12.6 Å². The maximum absolute atomic E-state index is 13.2. The van der Waals surface area contributed by atoms with Crippen LogP contribution in [0.1, 0.15) is 12.0 Å². The van der Waals surface area contributed by atoms with Crippen LogP contribution in [0.2, 0.25) is 0 Å². The number of carbonyl (C=O) groups is 1. The summed E-state index contributed by atoms with van der Waals surface area (Å²) in [7, 11) is 1.81. The summed E-state index contributed by atoms with van der Waals surface area (Å²) in [5, 5.41) is 8.89. The van der Waals surface area contributed by atoms with Crippen LogP contribution in [-0.4, -0.2) is 29.0 Å². The smallest absolute Gasteiger partial charge is 0.387 e. The van der Waals surface area contributed by atoms with E-state index in [4.69, 9.17) is 0 Å². The van der Waals surface area contributed by atoms with Gasteiger partial charge in [-0.15, -0.1) is 0 Å². The van der Waals surface area contributed by atoms with E-state index < -0.39 is 18.5 Å². The molecule has 2 N–H and O–H groups in total. The third kappa shape index (κ3) is 5.49. The summed E-state index contributed by atoms with van der Waals surface area (Å²) in [5.41, 5.74) is 0.873. The van der Waals surface area contributed by atoms with Gasteiger partial charge in [0.15, 0.2) is 0 Å². The van der Waals surface area contributed by atoms with E-state index >= 15 is 0 Å². The van der Waals surface area contributed by atoms with Gasteiger partial charge in [-0.05, 0) is 30.5 Å². The Bertz CT molecular complexity index is 691. The summed E-state index contributed by atoms with van der Waals surface area (Å²) in [6.45, 7) is -2.71. The van der Waals surface area contributed by atoms with Crippen molar-refractivity contribution in [2.75, 3.05) is 11.9 Å². The number of nitrogens with zero attached hydrogens (tertiary/aromatic N) is 2. The van der Waals surface area contributed by atoms with Gasteiger partial charge in [0.1, 0.15) is 11.6 Å². The molecule has 1 aromatic heterocycles. The molecule has 0 saturated heterocycles. The Hall–Kier alpha value is -2.71. The Morgan fingerprint density at radius 2 is 2.21 bits per heavy atom. The number of nitrogens with one attached hydrogen (secondary N) is 2. The average Bonchev–Trinajstić information content (AvgIpc) is 2.92. The normalized spacial score (nSPS) is 10.7. The van der Waals surface area contributed by atoms with E-state index in [1.165, 1.54) is 0 Å². The molecule has 0 fully saturated rings. The molecule has 0 spiro atoms. The molecule has 130 valence electrons. The number of aromatic nitrogens is 2. The molecule has 0 saturated carbocycles. The minimum atomic E-state index is -3.07. The summed E-state index contributed by atoms with van der Waals surface area (Å²) in [5.74, 6) is -0.986. The Balaban J connectivity index is 1.82. The standard InChI is InChI=1S/C15H17F3N4O2/c1-22-9-10(8-20-22)3-2-6-19-15(23)21-12-7-11(16)4-5-13(12)24-14(17)18/h4-5,7-9,14H,2-3,6H2,1H3,(H2,19,21,23). The second-order valence-corrected chi connectivity index (χ2v) is 5.03. The maximum atomic E-state index is 13.2. The van der Waals surface area contributed by atoms with Crippen molar-refractivity contribution in [3.63, 3.8) is 0 Å². The first-order chi connectivity index (χ1) is 11.4. The molecule has 0 bridgehead atoms. The molecule has 0 aliphatic carbocycles. The molecule has 24 heavy (non-hydrogen) atoms. The lowest BCUT2D eigenvalue weighted by Crippen LogP contribution is -2.30. The van der Waals surface area contributed by atoms with Gasteiger partial charge in [0.05, 0.1) is 11.9 Å². The van der Waals surface area contributed by atoms with Crippen LogP contribution in [0.5, 0.6) is 5.75 Å². The zero-order chi connectivity index (χ0) is 17.5. The predicted molar refractivity (Wildman–Crippen MR) is 81.6 cm³/mol. The number of amides is 2. The fourth-order valence-corrected chi connectivity index (χ4v) is 2.06. The molecule has 0 unspecified atom stereocenters. The highest BCUT2D eigenvalue weighted by molar-refractivity contribution is 5.90. The van der Waals surface area contributed by atoms with Crippen LogP contribution >= 0.6 is 0 Å². The van der Waals surface area contributed by atoms with Crippen molar-refractivity contribution in [3.8, 4) is 5.75 Å². The maximum Gasteiger partial charge on any atom is 0.387 e. The van der Waals surface area contributed by atoms with E-state index in [2.05, 4.69) is 20.5 Å². The number of aryl methyl sites for hydroxylation is 2. The van der Waals surface area contributed by atoms with Gasteiger partial charge in [-0.1, -0.05) is 0 Å². The number of ether oxygens (including phenoxy) is 1. The molecule has 6 nitrogen and oxygen atoms in total. The van der Waals surface area contributed by atoms with Crippen LogP contribution in [-0.2, 0) is 13.5 Å². The highest BCUT2D eigenvalue weighted by atomic mass is 19.3. The Labute approximate surface area is 136 Å². The first-order valence-electron chi connectivity index (χ1n) is 7.21. The molecule has 0 aliphatic rings. The van der Waals surface area contributed by atoms with Crippen molar-refractivity contribution >= 4 is 11.7 Å². The van der Waals surface area contributed by atoms with E-state index in [0.29, 0.717) is 13.0 Å². The third-order valence-corrected chi connectivity index (χ3v) is 3.09. The van der Waals surface area contributed by atoms with Crippen molar-refractivity contribution in [1.29, 1.82) is 0 Å². The number of carbonyl (C=O) groups excluding carboxylic acids is 1. The van der Waals surface area contributed by atoms with Gasteiger partial charge in [0.25, 0.3) is 0 Å². The summed E-state index contributed by atoms with van der Waals surface area (Å²) in [6, 6.07) is 2.27. The van der Waals surface area contributed by atoms with Gasteiger partial charge in [0.2, 0.25) is 0 Å². The van der Waals surface area contributed by atoms with Gasteiger partial charge < -0.3 is 15.4 Å². The summed E-state index contributed by atoms with van der Waals surface area (Å²) >= 11 is 0. The summed E-state index contributed by atoms with van der Waals surface area (Å²) < 4.78 is 43.7. The molecule has 2 rings (SSSR count). The lowest BCUT2D eigenvalue weighted by Gasteiger charge is -2.12. The molecule has 0 atom stereocenters. The number of urea groups is 1. The zero-order valence-electron chi connectivity index (χ0n) is 12.9. The van der Waals surface area contributed by atoms with E-state index in [-0.39, 0.29) is 11.4 Å². The molecule has 0 aliphatic heterocycles. The van der Waals surface area contributed by atoms with Crippen LogP contribution in [0.25, 0.3) is 0 Å². The van der Waals surface area contributed by atoms with Crippen molar-refractivity contribution < 1.29 is 22.7 Å². The van der Waals surface area contributed by atoms with Crippen molar-refractivity contribution in [2.45, 2.75) is 19.5 Å². The SMILES string of the molecule is Cn1cc(CCCNC(=O)Nc2cc(F)ccc2OC(F)F)cn1. The van der Waals surface area contributed by atoms with Crippen LogP contribution < -0.4 is 15.4 Å². The minimum absolute atomic E-state index is 0.167. The quantitative estimate of drug-likeness (QED) is 0.760. The minimum Gasteiger partial charge on any atom is -0.433 e. The highest BCUT2D eigenvalue weighted by Crippen LogP contribution is 2.26. The topological polar surface area (TPSA) is 68.2 Å². The first kappa shape index (κ1) is 17.6. The molecule has 9 heteroatoms. The molecular weight excluding hydrogens is 325 g/mol. The number of rotatable bonds is 7. The van der Waals surface area contributed by atoms with Crippen molar-refractivity contribution in [2.24, 2.45) is 7.05 Å². The molecular formula is C15H17F3N4O2. The van der Waals surface area contributed by atoms with Gasteiger partial charge in [-0.25, -0.2) is 9.18 Å². The lowest BCUT2D eigenvalue weighted by molar-refractivity contribution is -0.0494. The number of hydrogen-bond donors (Lipinski definition) is 2. The number of hydrogen-bond acceptors (Lipinski definition) is 3. The first-order valence-corrected chi connectivity index (χ1v) is 7.21. The second-order valence-electron chi connectivity index (χ2n) is 5.03. The van der Waals surface area contributed by atoms with Gasteiger partial charge in [0, 0.05) is 25.9 Å². The zero-order valence-corrected chi connectivity index (χ0v) is 12.9. The molecule has 2 amide bonds.